The number of nitrogens with one attached hydrogen (secondary N) is 1. The van der Waals surface area contributed by atoms with E-state index in [1.165, 1.54) is 28.2 Å². The minimum absolute atomic E-state index is 0.662. The number of hydrogen-bond acceptors (Lipinski definition) is 3. The minimum Gasteiger partial charge on any atom is -0.489 e. The molecular weight excluding hydrogens is 254 g/mol. The number of aryl methyl sites for hydroxylation is 1. The first-order chi connectivity index (χ1) is 9.31. The number of ether oxygens (including phenoxy) is 1. The summed E-state index contributed by atoms with van der Waals surface area (Å²) in [5.74, 6) is 0.936. The van der Waals surface area contributed by atoms with Crippen LogP contribution < -0.4 is 10.1 Å². The topological polar surface area (TPSA) is 21.3 Å². The predicted molar refractivity (Wildman–Crippen MR) is 79.7 cm³/mol. The predicted octanol–water partition coefficient (Wildman–Crippen LogP) is 3.89. The summed E-state index contributed by atoms with van der Waals surface area (Å²) >= 11 is 1.88. The molecule has 0 radical (unpaired) electrons. The maximum atomic E-state index is 5.81. The van der Waals surface area contributed by atoms with Gasteiger partial charge in [-0.2, -0.15) is 0 Å². The van der Waals surface area contributed by atoms with Crippen LogP contribution in [0.2, 0.25) is 0 Å². The molecule has 1 aromatic carbocycles. The van der Waals surface area contributed by atoms with Crippen molar-refractivity contribution in [1.29, 1.82) is 0 Å². The first-order valence-electron chi connectivity index (χ1n) is 6.80. The molecule has 0 bridgehead atoms. The van der Waals surface area contributed by atoms with E-state index in [9.17, 15) is 0 Å². The van der Waals surface area contributed by atoms with Gasteiger partial charge >= 0.3 is 0 Å². The fourth-order valence-electron chi connectivity index (χ4n) is 2.03. The Morgan fingerprint density at radius 2 is 2.05 bits per heavy atom. The fraction of sp³-hybridized carbons (Fsp3) is 0.375. The van der Waals surface area contributed by atoms with Crippen LogP contribution in [-0.4, -0.2) is 6.04 Å². The Morgan fingerprint density at radius 1 is 1.26 bits per heavy atom. The Kier molecular flexibility index (Phi) is 3.85. The van der Waals surface area contributed by atoms with Crippen molar-refractivity contribution in [2.45, 2.75) is 39.0 Å². The molecule has 3 heteroatoms. The van der Waals surface area contributed by atoms with E-state index in [0.717, 1.165) is 18.3 Å². The maximum absolute atomic E-state index is 5.81. The van der Waals surface area contributed by atoms with Gasteiger partial charge in [0, 0.05) is 27.9 Å². The molecule has 2 nitrogen and oxygen atoms in total. The quantitative estimate of drug-likeness (QED) is 0.862. The third kappa shape index (κ3) is 3.58. The fourth-order valence-corrected chi connectivity index (χ4v) is 3.03. The van der Waals surface area contributed by atoms with Gasteiger partial charge in [-0.1, -0.05) is 18.2 Å². The molecule has 1 fully saturated rings. The first-order valence-corrected chi connectivity index (χ1v) is 7.62. The second-order valence-corrected chi connectivity index (χ2v) is 6.39. The lowest BCUT2D eigenvalue weighted by Crippen LogP contribution is -2.14. The lowest BCUT2D eigenvalue weighted by Gasteiger charge is -2.04. The van der Waals surface area contributed by atoms with Crippen molar-refractivity contribution in [3.05, 3.63) is 51.7 Å². The van der Waals surface area contributed by atoms with E-state index >= 15 is 0 Å². The van der Waals surface area contributed by atoms with Gasteiger partial charge in [0.25, 0.3) is 0 Å². The lowest BCUT2D eigenvalue weighted by molar-refractivity contribution is 0.306. The average Bonchev–Trinajstić information content (AvgIpc) is 3.19. The summed E-state index contributed by atoms with van der Waals surface area (Å²) in [6.45, 7) is 3.84. The van der Waals surface area contributed by atoms with Gasteiger partial charge in [-0.05, 0) is 38.0 Å². The van der Waals surface area contributed by atoms with E-state index in [-0.39, 0.29) is 0 Å². The van der Waals surface area contributed by atoms with Gasteiger partial charge in [-0.3, -0.25) is 0 Å². The highest BCUT2D eigenvalue weighted by Gasteiger charge is 2.20. The van der Waals surface area contributed by atoms with Crippen molar-refractivity contribution in [2.24, 2.45) is 0 Å². The molecule has 1 N–H and O–H groups in total. The number of hydrogen-bond donors (Lipinski definition) is 1. The highest BCUT2D eigenvalue weighted by atomic mass is 32.1. The highest BCUT2D eigenvalue weighted by Crippen LogP contribution is 2.25. The molecule has 0 spiro atoms. The van der Waals surface area contributed by atoms with Crippen molar-refractivity contribution in [1.82, 2.24) is 5.32 Å². The van der Waals surface area contributed by atoms with E-state index in [0.29, 0.717) is 6.61 Å². The van der Waals surface area contributed by atoms with Gasteiger partial charge in [0.2, 0.25) is 0 Å². The third-order valence-corrected chi connectivity index (χ3v) is 4.44. The van der Waals surface area contributed by atoms with Gasteiger partial charge in [-0.15, -0.1) is 11.3 Å². The van der Waals surface area contributed by atoms with Crippen molar-refractivity contribution in [2.75, 3.05) is 0 Å². The van der Waals surface area contributed by atoms with Crippen LogP contribution in [-0.2, 0) is 13.2 Å². The zero-order chi connectivity index (χ0) is 13.1. The molecule has 1 aromatic heterocycles. The molecule has 1 saturated carbocycles. The summed E-state index contributed by atoms with van der Waals surface area (Å²) in [7, 11) is 0. The minimum atomic E-state index is 0.662. The number of benzene rings is 1. The molecule has 0 saturated heterocycles. The summed E-state index contributed by atoms with van der Waals surface area (Å²) in [4.78, 5) is 2.78. The summed E-state index contributed by atoms with van der Waals surface area (Å²) in [5, 5.41) is 3.56. The molecule has 19 heavy (non-hydrogen) atoms. The van der Waals surface area contributed by atoms with Crippen LogP contribution in [0.5, 0.6) is 5.75 Å². The Morgan fingerprint density at radius 3 is 2.79 bits per heavy atom. The standard InChI is InChI=1S/C16H19NOS/c1-12-13(11-18-15-5-3-2-4-6-15)9-16(19-12)10-17-14-7-8-14/h2-6,9,14,17H,7-8,10-11H2,1H3. The molecule has 1 heterocycles. The molecular formula is C16H19NOS. The zero-order valence-corrected chi connectivity index (χ0v) is 12.0. The molecule has 100 valence electrons. The molecule has 0 aliphatic heterocycles. The van der Waals surface area contributed by atoms with Crippen molar-refractivity contribution in [3.8, 4) is 5.75 Å². The van der Waals surface area contributed by atoms with Gasteiger partial charge in [0.05, 0.1) is 0 Å². The molecule has 3 rings (SSSR count). The molecule has 1 aliphatic rings. The van der Waals surface area contributed by atoms with Crippen molar-refractivity contribution >= 4 is 11.3 Å². The van der Waals surface area contributed by atoms with Crippen LogP contribution in [0.25, 0.3) is 0 Å². The third-order valence-electron chi connectivity index (χ3n) is 3.35. The molecule has 1 aliphatic carbocycles. The smallest absolute Gasteiger partial charge is 0.119 e. The van der Waals surface area contributed by atoms with E-state index in [2.05, 4.69) is 18.3 Å². The molecule has 0 unspecified atom stereocenters. The summed E-state index contributed by atoms with van der Waals surface area (Å²) < 4.78 is 5.81. The van der Waals surface area contributed by atoms with Crippen LogP contribution in [0, 0.1) is 6.92 Å². The van der Waals surface area contributed by atoms with Crippen LogP contribution >= 0.6 is 11.3 Å². The maximum Gasteiger partial charge on any atom is 0.119 e. The van der Waals surface area contributed by atoms with Crippen molar-refractivity contribution in [3.63, 3.8) is 0 Å². The van der Waals surface area contributed by atoms with Crippen molar-refractivity contribution < 1.29 is 4.74 Å². The monoisotopic (exact) mass is 273 g/mol. The summed E-state index contributed by atoms with van der Waals surface area (Å²) in [6.07, 6.45) is 2.68. The molecule has 0 amide bonds. The largest absolute Gasteiger partial charge is 0.489 e. The SMILES string of the molecule is Cc1sc(CNC2CC2)cc1COc1ccccc1. The van der Waals surface area contributed by atoms with E-state index in [1.807, 2.05) is 41.7 Å². The van der Waals surface area contributed by atoms with E-state index < -0.39 is 0 Å². The first kappa shape index (κ1) is 12.7. The van der Waals surface area contributed by atoms with E-state index in [1.54, 1.807) is 0 Å². The number of thiophene rings is 1. The Hall–Kier alpha value is -1.32. The number of para-hydroxylation sites is 1. The molecule has 0 atom stereocenters. The number of rotatable bonds is 6. The molecule has 2 aromatic rings. The normalized spacial score (nSPS) is 14.6. The van der Waals surface area contributed by atoms with Gasteiger partial charge < -0.3 is 10.1 Å². The summed E-state index contributed by atoms with van der Waals surface area (Å²) in [6, 6.07) is 13.0. The Labute approximate surface area is 118 Å². The van der Waals surface area contributed by atoms with Gasteiger partial charge in [-0.25, -0.2) is 0 Å². The lowest BCUT2D eigenvalue weighted by atomic mass is 10.2. The van der Waals surface area contributed by atoms with Crippen LogP contribution in [0.1, 0.15) is 28.2 Å². The highest BCUT2D eigenvalue weighted by molar-refractivity contribution is 7.12. The Bertz CT molecular complexity index is 531. The van der Waals surface area contributed by atoms with E-state index in [4.69, 9.17) is 4.74 Å². The summed E-state index contributed by atoms with van der Waals surface area (Å²) in [5.41, 5.74) is 1.31. The second-order valence-electron chi connectivity index (χ2n) is 5.05. The van der Waals surface area contributed by atoms with Gasteiger partial charge in [0.15, 0.2) is 0 Å². The van der Waals surface area contributed by atoms with Crippen LogP contribution in [0.3, 0.4) is 0 Å². The average molecular weight is 273 g/mol. The zero-order valence-electron chi connectivity index (χ0n) is 11.2. The van der Waals surface area contributed by atoms with Gasteiger partial charge in [0.1, 0.15) is 12.4 Å². The van der Waals surface area contributed by atoms with Crippen LogP contribution in [0.4, 0.5) is 0 Å². The second kappa shape index (κ2) is 5.76. The van der Waals surface area contributed by atoms with Crippen LogP contribution in [0.15, 0.2) is 36.4 Å². The Balaban J connectivity index is 1.57.